The highest BCUT2D eigenvalue weighted by Gasteiger charge is 1.84. The van der Waals surface area contributed by atoms with Crippen LogP contribution in [0, 0.1) is 0 Å². The summed E-state index contributed by atoms with van der Waals surface area (Å²) in [6, 6.07) is 8.99. The molecule has 0 saturated carbocycles. The van der Waals surface area contributed by atoms with Gasteiger partial charge in [-0.2, -0.15) is 0 Å². The first-order chi connectivity index (χ1) is 6.43. The molecule has 2 aromatic heterocycles. The van der Waals surface area contributed by atoms with Crippen LogP contribution in [-0.2, 0) is 0 Å². The van der Waals surface area contributed by atoms with Crippen molar-refractivity contribution in [2.45, 2.75) is 0 Å². The average molecular weight is 175 g/mol. The Balaban J connectivity index is 0.000000132. The molecule has 0 aliphatic carbocycles. The van der Waals surface area contributed by atoms with Crippen LogP contribution < -0.4 is 0 Å². The first-order valence-electron chi connectivity index (χ1n) is 3.77. The Kier molecular flexibility index (Phi) is 4.04. The maximum absolute atomic E-state index is 9.77. The first kappa shape index (κ1) is 9.19. The van der Waals surface area contributed by atoms with Crippen molar-refractivity contribution in [2.75, 3.05) is 0 Å². The van der Waals surface area contributed by atoms with E-state index in [4.69, 9.17) is 0 Å². The molecule has 0 aliphatic rings. The van der Waals surface area contributed by atoms with Gasteiger partial charge in [0.2, 0.25) is 0 Å². The van der Waals surface area contributed by atoms with Gasteiger partial charge in [0, 0.05) is 12.4 Å². The number of hydrogen-bond acceptors (Lipinski definition) is 3. The van der Waals surface area contributed by atoms with Crippen LogP contribution in [0.4, 0.5) is 0 Å². The molecule has 13 heavy (non-hydrogen) atoms. The molecular formula is C10H9NO2. The smallest absolute Gasteiger partial charge is 0.185 e. The average Bonchev–Trinajstić information content (AvgIpc) is 2.74. The zero-order valence-electron chi connectivity index (χ0n) is 6.96. The molecule has 0 aliphatic heterocycles. The lowest BCUT2D eigenvalue weighted by atomic mass is 10.5. The van der Waals surface area contributed by atoms with Gasteiger partial charge >= 0.3 is 0 Å². The molecule has 0 N–H and O–H groups in total. The minimum absolute atomic E-state index is 0.375. The fourth-order valence-corrected chi connectivity index (χ4v) is 0.671. The van der Waals surface area contributed by atoms with E-state index < -0.39 is 0 Å². The van der Waals surface area contributed by atoms with Crippen LogP contribution in [0.5, 0.6) is 0 Å². The van der Waals surface area contributed by atoms with E-state index >= 15 is 0 Å². The zero-order chi connectivity index (χ0) is 9.36. The van der Waals surface area contributed by atoms with Gasteiger partial charge in [-0.25, -0.2) is 0 Å². The van der Waals surface area contributed by atoms with Gasteiger partial charge in [0.1, 0.15) is 0 Å². The monoisotopic (exact) mass is 175 g/mol. The lowest BCUT2D eigenvalue weighted by molar-refractivity contribution is 0.110. The molecule has 0 spiro atoms. The molecule has 0 bridgehead atoms. The van der Waals surface area contributed by atoms with E-state index in [2.05, 4.69) is 9.40 Å². The third-order valence-electron chi connectivity index (χ3n) is 1.23. The Morgan fingerprint density at radius 3 is 2.15 bits per heavy atom. The van der Waals surface area contributed by atoms with Gasteiger partial charge in [-0.1, -0.05) is 6.07 Å². The Morgan fingerprint density at radius 1 is 1.15 bits per heavy atom. The normalized spacial score (nSPS) is 8.31. The van der Waals surface area contributed by atoms with Crippen molar-refractivity contribution in [3.63, 3.8) is 0 Å². The quantitative estimate of drug-likeness (QED) is 0.624. The number of aldehydes is 1. The highest BCUT2D eigenvalue weighted by atomic mass is 16.3. The summed E-state index contributed by atoms with van der Waals surface area (Å²) in [5, 5.41) is 0. The lowest BCUT2D eigenvalue weighted by Crippen LogP contribution is -1.65. The van der Waals surface area contributed by atoms with Gasteiger partial charge in [-0.15, -0.1) is 0 Å². The van der Waals surface area contributed by atoms with Crippen LogP contribution >= 0.6 is 0 Å². The number of furan rings is 1. The van der Waals surface area contributed by atoms with Crippen molar-refractivity contribution >= 4 is 6.29 Å². The zero-order valence-corrected chi connectivity index (χ0v) is 6.96. The van der Waals surface area contributed by atoms with Crippen molar-refractivity contribution in [1.29, 1.82) is 0 Å². The summed E-state index contributed by atoms with van der Waals surface area (Å²) in [6.07, 6.45) is 5.63. The highest BCUT2D eigenvalue weighted by molar-refractivity contribution is 5.69. The number of rotatable bonds is 1. The molecule has 0 fully saturated rings. The molecule has 0 amide bonds. The van der Waals surface area contributed by atoms with Gasteiger partial charge in [0.15, 0.2) is 12.0 Å². The van der Waals surface area contributed by atoms with Crippen LogP contribution in [-0.4, -0.2) is 11.3 Å². The molecule has 0 aromatic carbocycles. The summed E-state index contributed by atoms with van der Waals surface area (Å²) in [5.74, 6) is 0.375. The molecule has 0 unspecified atom stereocenters. The third kappa shape index (κ3) is 3.86. The standard InChI is InChI=1S/C5H5N.C5H4O2/c1-2-4-6-5-3-1;6-4-5-2-1-3-7-5/h1-5H;1-4H. The van der Waals surface area contributed by atoms with Gasteiger partial charge in [0.25, 0.3) is 0 Å². The van der Waals surface area contributed by atoms with E-state index in [1.165, 1.54) is 6.26 Å². The second-order valence-corrected chi connectivity index (χ2v) is 2.16. The molecule has 0 atom stereocenters. The lowest BCUT2D eigenvalue weighted by Gasteiger charge is -1.70. The first-order valence-corrected chi connectivity index (χ1v) is 3.77. The Hall–Kier alpha value is -1.90. The molecule has 2 heterocycles. The van der Waals surface area contributed by atoms with Crippen molar-refractivity contribution < 1.29 is 9.21 Å². The van der Waals surface area contributed by atoms with Gasteiger partial charge in [-0.05, 0) is 24.3 Å². The fraction of sp³-hybridized carbons (Fsp3) is 0. The van der Waals surface area contributed by atoms with Crippen molar-refractivity contribution in [3.8, 4) is 0 Å². The van der Waals surface area contributed by atoms with Crippen molar-refractivity contribution in [1.82, 2.24) is 4.98 Å². The maximum atomic E-state index is 9.77. The van der Waals surface area contributed by atoms with E-state index in [-0.39, 0.29) is 0 Å². The molecule has 0 radical (unpaired) electrons. The van der Waals surface area contributed by atoms with E-state index in [0.29, 0.717) is 12.0 Å². The number of nitrogens with zero attached hydrogens (tertiary/aromatic N) is 1. The van der Waals surface area contributed by atoms with Gasteiger partial charge in [0.05, 0.1) is 6.26 Å². The van der Waals surface area contributed by atoms with Crippen LogP contribution in [0.15, 0.2) is 53.4 Å². The number of carbonyl (C=O) groups is 1. The number of pyridine rings is 1. The van der Waals surface area contributed by atoms with Crippen LogP contribution in [0.25, 0.3) is 0 Å². The minimum Gasteiger partial charge on any atom is -0.462 e. The molecule has 3 heteroatoms. The largest absolute Gasteiger partial charge is 0.462 e. The molecule has 2 rings (SSSR count). The molecule has 2 aromatic rings. The summed E-state index contributed by atoms with van der Waals surface area (Å²) in [5.41, 5.74) is 0. The number of carbonyl (C=O) groups excluding carboxylic acids is 1. The number of hydrogen-bond donors (Lipinski definition) is 0. The maximum Gasteiger partial charge on any atom is 0.185 e. The van der Waals surface area contributed by atoms with Gasteiger partial charge < -0.3 is 4.42 Å². The van der Waals surface area contributed by atoms with Crippen molar-refractivity contribution in [3.05, 3.63) is 54.7 Å². The summed E-state index contributed by atoms with van der Waals surface area (Å²) < 4.78 is 4.61. The summed E-state index contributed by atoms with van der Waals surface area (Å²) >= 11 is 0. The highest BCUT2D eigenvalue weighted by Crippen LogP contribution is 1.92. The fourth-order valence-electron chi connectivity index (χ4n) is 0.671. The topological polar surface area (TPSA) is 43.1 Å². The Morgan fingerprint density at radius 2 is 1.92 bits per heavy atom. The van der Waals surface area contributed by atoms with E-state index in [0.717, 1.165) is 0 Å². The van der Waals surface area contributed by atoms with E-state index in [9.17, 15) is 4.79 Å². The van der Waals surface area contributed by atoms with Crippen molar-refractivity contribution in [2.24, 2.45) is 0 Å². The summed E-state index contributed by atoms with van der Waals surface area (Å²) in [6.45, 7) is 0. The van der Waals surface area contributed by atoms with E-state index in [1.807, 2.05) is 18.2 Å². The number of aromatic nitrogens is 1. The summed E-state index contributed by atoms with van der Waals surface area (Å²) in [4.78, 5) is 13.6. The second-order valence-electron chi connectivity index (χ2n) is 2.16. The Bertz CT molecular complexity index is 289. The molecule has 3 nitrogen and oxygen atoms in total. The Labute approximate surface area is 76.0 Å². The predicted molar refractivity (Wildman–Crippen MR) is 48.3 cm³/mol. The van der Waals surface area contributed by atoms with Crippen LogP contribution in [0.1, 0.15) is 10.6 Å². The summed E-state index contributed by atoms with van der Waals surface area (Å²) in [7, 11) is 0. The predicted octanol–water partition coefficient (Wildman–Crippen LogP) is 2.17. The van der Waals surface area contributed by atoms with Gasteiger partial charge in [-0.3, -0.25) is 9.78 Å². The molecular weight excluding hydrogens is 166 g/mol. The molecule has 0 saturated heterocycles. The van der Waals surface area contributed by atoms with Crippen LogP contribution in [0.3, 0.4) is 0 Å². The second kappa shape index (κ2) is 5.71. The minimum atomic E-state index is 0.375. The SMILES string of the molecule is O=Cc1ccco1.c1ccncc1. The third-order valence-corrected chi connectivity index (χ3v) is 1.23. The molecule has 66 valence electrons. The van der Waals surface area contributed by atoms with Crippen LogP contribution in [0.2, 0.25) is 0 Å². The van der Waals surface area contributed by atoms with E-state index in [1.54, 1.807) is 24.5 Å².